The van der Waals surface area contributed by atoms with Crippen LogP contribution in [0.3, 0.4) is 0 Å². The van der Waals surface area contributed by atoms with Gasteiger partial charge in [-0.1, -0.05) is 6.07 Å². The van der Waals surface area contributed by atoms with Gasteiger partial charge in [0.1, 0.15) is 23.4 Å². The molecule has 27 heavy (non-hydrogen) atoms. The summed E-state index contributed by atoms with van der Waals surface area (Å²) in [5.41, 5.74) is 0.868. The molecular weight excluding hydrogens is 351 g/mol. The first-order valence-corrected chi connectivity index (χ1v) is 8.55. The second-order valence-corrected chi connectivity index (χ2v) is 6.25. The highest BCUT2D eigenvalue weighted by atomic mass is 19.1. The van der Waals surface area contributed by atoms with Gasteiger partial charge in [0.2, 0.25) is 5.91 Å². The molecule has 1 heterocycles. The van der Waals surface area contributed by atoms with Crippen molar-refractivity contribution in [2.24, 2.45) is 0 Å². The maximum atomic E-state index is 13.5. The van der Waals surface area contributed by atoms with Crippen LogP contribution in [0.4, 0.5) is 10.1 Å². The Labute approximate surface area is 157 Å². The quantitative estimate of drug-likeness (QED) is 0.828. The van der Waals surface area contributed by atoms with Gasteiger partial charge in [-0.05, 0) is 37.3 Å². The van der Waals surface area contributed by atoms with Crippen molar-refractivity contribution in [2.45, 2.75) is 13.0 Å². The number of piperazine rings is 1. The Bertz CT molecular complexity index is 849. The van der Waals surface area contributed by atoms with Crippen LogP contribution < -0.4 is 14.4 Å². The van der Waals surface area contributed by atoms with Gasteiger partial charge in [0.15, 0.2) is 0 Å². The molecule has 1 fully saturated rings. The van der Waals surface area contributed by atoms with Crippen LogP contribution in [0.5, 0.6) is 11.5 Å². The van der Waals surface area contributed by atoms with Crippen molar-refractivity contribution in [3.63, 3.8) is 0 Å². The Morgan fingerprint density at radius 3 is 2.33 bits per heavy atom. The summed E-state index contributed by atoms with van der Waals surface area (Å²) in [4.78, 5) is 28.8. The molecule has 0 unspecified atom stereocenters. The molecule has 0 aliphatic carbocycles. The number of ether oxygens (including phenoxy) is 2. The standard InChI is InChI=1S/C20H21FN2O4/c1-13-19(24)23(16-6-4-5-15(21)11-16)8-7-22(13)20(25)14-9-17(26-2)12-18(10-14)27-3/h4-6,9-13H,7-8H2,1-3H3/t13-/m0/s1. The van der Waals surface area contributed by atoms with E-state index in [1.54, 1.807) is 37.3 Å². The van der Waals surface area contributed by atoms with E-state index >= 15 is 0 Å². The number of halogens is 1. The fourth-order valence-electron chi connectivity index (χ4n) is 3.14. The fraction of sp³-hybridized carbons (Fsp3) is 0.300. The lowest BCUT2D eigenvalue weighted by Gasteiger charge is -2.39. The smallest absolute Gasteiger partial charge is 0.254 e. The molecule has 6 nitrogen and oxygen atoms in total. The van der Waals surface area contributed by atoms with E-state index in [0.717, 1.165) is 0 Å². The van der Waals surface area contributed by atoms with E-state index in [1.807, 2.05) is 0 Å². The second-order valence-electron chi connectivity index (χ2n) is 6.25. The molecule has 2 amide bonds. The highest BCUT2D eigenvalue weighted by molar-refractivity contribution is 6.03. The molecule has 0 N–H and O–H groups in total. The number of rotatable bonds is 4. The molecule has 3 rings (SSSR count). The Kier molecular flexibility index (Phi) is 5.30. The molecule has 0 bridgehead atoms. The molecule has 0 aromatic heterocycles. The van der Waals surface area contributed by atoms with E-state index in [9.17, 15) is 14.0 Å². The van der Waals surface area contributed by atoms with Crippen molar-refractivity contribution in [1.82, 2.24) is 4.90 Å². The van der Waals surface area contributed by atoms with Gasteiger partial charge < -0.3 is 19.3 Å². The number of anilines is 1. The van der Waals surface area contributed by atoms with Crippen LogP contribution in [-0.4, -0.2) is 50.1 Å². The summed E-state index contributed by atoms with van der Waals surface area (Å²) < 4.78 is 23.9. The zero-order valence-electron chi connectivity index (χ0n) is 15.4. The molecule has 1 saturated heterocycles. The number of nitrogens with zero attached hydrogens (tertiary/aromatic N) is 2. The monoisotopic (exact) mass is 372 g/mol. The third kappa shape index (κ3) is 3.72. The van der Waals surface area contributed by atoms with Crippen molar-refractivity contribution in [3.8, 4) is 11.5 Å². The van der Waals surface area contributed by atoms with Crippen molar-refractivity contribution >= 4 is 17.5 Å². The molecule has 142 valence electrons. The predicted molar refractivity (Wildman–Crippen MR) is 98.8 cm³/mol. The molecule has 1 aliphatic rings. The minimum absolute atomic E-state index is 0.255. The highest BCUT2D eigenvalue weighted by Gasteiger charge is 2.35. The van der Waals surface area contributed by atoms with Gasteiger partial charge in [-0.15, -0.1) is 0 Å². The molecule has 0 radical (unpaired) electrons. The van der Waals surface area contributed by atoms with Crippen LogP contribution in [0.2, 0.25) is 0 Å². The lowest BCUT2D eigenvalue weighted by molar-refractivity contribution is -0.124. The Morgan fingerprint density at radius 1 is 1.07 bits per heavy atom. The molecule has 1 aliphatic heterocycles. The first-order valence-electron chi connectivity index (χ1n) is 8.55. The molecule has 1 atom stereocenters. The molecule has 0 spiro atoms. The van der Waals surface area contributed by atoms with E-state index in [0.29, 0.717) is 35.8 Å². The van der Waals surface area contributed by atoms with Crippen molar-refractivity contribution in [1.29, 1.82) is 0 Å². The number of carbonyl (C=O) groups is 2. The van der Waals surface area contributed by atoms with E-state index in [2.05, 4.69) is 0 Å². The number of methoxy groups -OCH3 is 2. The van der Waals surface area contributed by atoms with Gasteiger partial charge in [0, 0.05) is 30.4 Å². The Morgan fingerprint density at radius 2 is 1.74 bits per heavy atom. The Balaban J connectivity index is 1.83. The van der Waals surface area contributed by atoms with Gasteiger partial charge in [0.05, 0.1) is 14.2 Å². The number of benzene rings is 2. The lowest BCUT2D eigenvalue weighted by Crippen LogP contribution is -2.57. The van der Waals surface area contributed by atoms with Gasteiger partial charge in [-0.2, -0.15) is 0 Å². The van der Waals surface area contributed by atoms with Crippen LogP contribution >= 0.6 is 0 Å². The van der Waals surface area contributed by atoms with Crippen molar-refractivity contribution in [3.05, 3.63) is 53.8 Å². The summed E-state index contributed by atoms with van der Waals surface area (Å²) in [6.45, 7) is 2.30. The van der Waals surface area contributed by atoms with Crippen LogP contribution in [0.15, 0.2) is 42.5 Å². The van der Waals surface area contributed by atoms with Gasteiger partial charge >= 0.3 is 0 Å². The summed E-state index contributed by atoms with van der Waals surface area (Å²) in [6, 6.07) is 10.1. The Hall–Kier alpha value is -3.09. The summed E-state index contributed by atoms with van der Waals surface area (Å²) in [6.07, 6.45) is 0. The maximum absolute atomic E-state index is 13.5. The summed E-state index contributed by atoms with van der Waals surface area (Å²) >= 11 is 0. The maximum Gasteiger partial charge on any atom is 0.254 e. The average Bonchev–Trinajstić information content (AvgIpc) is 2.69. The molecule has 0 saturated carbocycles. The summed E-state index contributed by atoms with van der Waals surface area (Å²) in [7, 11) is 3.01. The van der Waals surface area contributed by atoms with E-state index in [4.69, 9.17) is 9.47 Å². The number of hydrogen-bond acceptors (Lipinski definition) is 4. The lowest BCUT2D eigenvalue weighted by atomic mass is 10.1. The molecular formula is C20H21FN2O4. The first kappa shape index (κ1) is 18.7. The topological polar surface area (TPSA) is 59.1 Å². The normalized spacial score (nSPS) is 17.0. The van der Waals surface area contributed by atoms with Crippen LogP contribution in [0.25, 0.3) is 0 Å². The third-order valence-corrected chi connectivity index (χ3v) is 4.63. The van der Waals surface area contributed by atoms with Crippen LogP contribution in [0.1, 0.15) is 17.3 Å². The molecule has 2 aromatic rings. The van der Waals surface area contributed by atoms with Gasteiger partial charge in [-0.25, -0.2) is 4.39 Å². The summed E-state index contributed by atoms with van der Waals surface area (Å²) in [5.74, 6) is 0.0436. The van der Waals surface area contributed by atoms with Crippen LogP contribution in [0, 0.1) is 5.82 Å². The minimum Gasteiger partial charge on any atom is -0.497 e. The largest absolute Gasteiger partial charge is 0.497 e. The van der Waals surface area contributed by atoms with E-state index in [1.165, 1.54) is 36.2 Å². The molecule has 2 aromatic carbocycles. The highest BCUT2D eigenvalue weighted by Crippen LogP contribution is 2.26. The zero-order chi connectivity index (χ0) is 19.6. The number of carbonyl (C=O) groups excluding carboxylic acids is 2. The van der Waals surface area contributed by atoms with Gasteiger partial charge in [-0.3, -0.25) is 9.59 Å². The minimum atomic E-state index is -0.674. The molecule has 7 heteroatoms. The van der Waals surface area contributed by atoms with Gasteiger partial charge in [0.25, 0.3) is 5.91 Å². The number of hydrogen-bond donors (Lipinski definition) is 0. The zero-order valence-corrected chi connectivity index (χ0v) is 15.4. The van der Waals surface area contributed by atoms with Crippen molar-refractivity contribution < 1.29 is 23.5 Å². The SMILES string of the molecule is COc1cc(OC)cc(C(=O)N2CCN(c3cccc(F)c3)C(=O)[C@@H]2C)c1. The predicted octanol–water partition coefficient (Wildman–Crippen LogP) is 2.72. The summed E-state index contributed by atoms with van der Waals surface area (Å²) in [5, 5.41) is 0. The second kappa shape index (κ2) is 7.65. The van der Waals surface area contributed by atoms with E-state index in [-0.39, 0.29) is 11.8 Å². The third-order valence-electron chi connectivity index (χ3n) is 4.63. The number of amides is 2. The van der Waals surface area contributed by atoms with Crippen molar-refractivity contribution in [2.75, 3.05) is 32.2 Å². The average molecular weight is 372 g/mol. The van der Waals surface area contributed by atoms with E-state index < -0.39 is 11.9 Å². The first-order chi connectivity index (χ1) is 12.9. The van der Waals surface area contributed by atoms with Crippen LogP contribution in [-0.2, 0) is 4.79 Å². The fourth-order valence-corrected chi connectivity index (χ4v) is 3.14.